The van der Waals surface area contributed by atoms with E-state index in [2.05, 4.69) is 44.7 Å². The van der Waals surface area contributed by atoms with Crippen molar-refractivity contribution < 1.29 is 14.3 Å². The maximum Gasteiger partial charge on any atom is 0.293 e. The van der Waals surface area contributed by atoms with Gasteiger partial charge >= 0.3 is 0 Å². The summed E-state index contributed by atoms with van der Waals surface area (Å²) in [5.74, 6) is 0.837. The highest BCUT2D eigenvalue weighted by atomic mass is 32.2. The van der Waals surface area contributed by atoms with Crippen molar-refractivity contribution in [2.45, 2.75) is 52.1 Å². The van der Waals surface area contributed by atoms with Crippen LogP contribution < -0.4 is 9.64 Å². The van der Waals surface area contributed by atoms with Crippen LogP contribution >= 0.6 is 11.8 Å². The second-order valence-electron chi connectivity index (χ2n) is 9.07. The first-order valence-corrected chi connectivity index (χ1v) is 11.9. The molecule has 168 valence electrons. The molecule has 6 heteroatoms. The summed E-state index contributed by atoms with van der Waals surface area (Å²) in [5.41, 5.74) is 4.26. The highest BCUT2D eigenvalue weighted by molar-refractivity contribution is 8.18. The van der Waals surface area contributed by atoms with Crippen molar-refractivity contribution in [3.63, 3.8) is 0 Å². The van der Waals surface area contributed by atoms with Crippen LogP contribution in [0.15, 0.2) is 47.4 Å². The molecule has 0 spiro atoms. The molecule has 2 aliphatic rings. The number of rotatable bonds is 5. The molecule has 0 aromatic heterocycles. The van der Waals surface area contributed by atoms with Crippen LogP contribution in [-0.2, 0) is 11.3 Å². The lowest BCUT2D eigenvalue weighted by Crippen LogP contribution is -2.48. The van der Waals surface area contributed by atoms with Crippen molar-refractivity contribution in [1.82, 2.24) is 4.90 Å². The molecule has 2 amide bonds. The number of thioether (sulfide) groups is 1. The molecule has 0 radical (unpaired) electrons. The van der Waals surface area contributed by atoms with Gasteiger partial charge in [-0.25, -0.2) is 0 Å². The summed E-state index contributed by atoms with van der Waals surface area (Å²) in [5, 5.41) is -0.241. The Hall–Kier alpha value is -2.73. The molecule has 5 nitrogen and oxygen atoms in total. The van der Waals surface area contributed by atoms with Crippen molar-refractivity contribution in [2.75, 3.05) is 18.6 Å². The van der Waals surface area contributed by atoms with Crippen molar-refractivity contribution in [2.24, 2.45) is 0 Å². The maximum absolute atomic E-state index is 13.0. The summed E-state index contributed by atoms with van der Waals surface area (Å²) in [4.78, 5) is 29.8. The summed E-state index contributed by atoms with van der Waals surface area (Å²) < 4.78 is 5.71. The topological polar surface area (TPSA) is 49.9 Å². The van der Waals surface area contributed by atoms with E-state index in [9.17, 15) is 9.59 Å². The average molecular weight is 451 g/mol. The highest BCUT2D eigenvalue weighted by Crippen LogP contribution is 2.46. The summed E-state index contributed by atoms with van der Waals surface area (Å²) in [6.07, 6.45) is 2.85. The normalized spacial score (nSPS) is 21.3. The molecule has 2 aromatic carbocycles. The van der Waals surface area contributed by atoms with Gasteiger partial charge in [-0.3, -0.25) is 14.5 Å². The number of fused-ring (bicyclic) bond motifs is 1. The molecule has 0 N–H and O–H groups in total. The lowest BCUT2D eigenvalue weighted by atomic mass is 9.79. The fraction of sp³-hybridized carbons (Fsp3) is 0.385. The number of methoxy groups -OCH3 is 1. The van der Waals surface area contributed by atoms with Gasteiger partial charge in [-0.15, -0.1) is 0 Å². The smallest absolute Gasteiger partial charge is 0.293 e. The molecular weight excluding hydrogens is 420 g/mol. The standard InChI is InChI=1S/C26H30N2O3S/c1-6-28-21-14-22(31-5)19(12-20(21)17(2)15-26(28,3)4)13-23-24(29)27(25(30)32-23)16-18-10-8-7-9-11-18/h7-14,17H,6,15-16H2,1-5H3/b23-13+. The zero-order valence-corrected chi connectivity index (χ0v) is 20.2. The third kappa shape index (κ3) is 4.04. The Morgan fingerprint density at radius 1 is 1.19 bits per heavy atom. The fourth-order valence-corrected chi connectivity index (χ4v) is 5.79. The molecule has 0 aliphatic carbocycles. The van der Waals surface area contributed by atoms with Gasteiger partial charge in [0.25, 0.3) is 11.1 Å². The molecule has 2 aliphatic heterocycles. The first-order chi connectivity index (χ1) is 15.2. The highest BCUT2D eigenvalue weighted by Gasteiger charge is 2.37. The van der Waals surface area contributed by atoms with Gasteiger partial charge in [0, 0.05) is 29.4 Å². The van der Waals surface area contributed by atoms with Crippen LogP contribution in [0.1, 0.15) is 56.7 Å². The summed E-state index contributed by atoms with van der Waals surface area (Å²) in [6, 6.07) is 13.8. The number of ether oxygens (including phenoxy) is 1. The van der Waals surface area contributed by atoms with Gasteiger partial charge < -0.3 is 9.64 Å². The van der Waals surface area contributed by atoms with Crippen LogP contribution in [0, 0.1) is 0 Å². The van der Waals surface area contributed by atoms with Crippen LogP contribution in [0.3, 0.4) is 0 Å². The van der Waals surface area contributed by atoms with E-state index < -0.39 is 0 Å². The third-order valence-corrected chi connectivity index (χ3v) is 7.30. The van der Waals surface area contributed by atoms with E-state index in [1.54, 1.807) is 13.2 Å². The lowest BCUT2D eigenvalue weighted by Gasteiger charge is -2.47. The van der Waals surface area contributed by atoms with Crippen molar-refractivity contribution >= 4 is 34.7 Å². The summed E-state index contributed by atoms with van der Waals surface area (Å²) in [7, 11) is 1.65. The molecule has 1 unspecified atom stereocenters. The first kappa shape index (κ1) is 22.5. The Labute approximate surface area is 194 Å². The number of hydrogen-bond acceptors (Lipinski definition) is 5. The molecule has 0 saturated carbocycles. The third-order valence-electron chi connectivity index (χ3n) is 6.40. The SMILES string of the molecule is CCN1c2cc(OC)c(/C=C3/SC(=O)N(Cc4ccccc4)C3=O)cc2C(C)CC1(C)C. The Kier molecular flexibility index (Phi) is 6.08. The molecule has 2 heterocycles. The molecule has 2 aromatic rings. The van der Waals surface area contributed by atoms with E-state index in [1.807, 2.05) is 30.3 Å². The van der Waals surface area contributed by atoms with Crippen LogP contribution in [-0.4, -0.2) is 35.2 Å². The molecule has 0 bridgehead atoms. The number of hydrogen-bond donors (Lipinski definition) is 0. The minimum absolute atomic E-state index is 0.0633. The van der Waals surface area contributed by atoms with Crippen LogP contribution in [0.2, 0.25) is 0 Å². The molecule has 1 saturated heterocycles. The zero-order chi connectivity index (χ0) is 23.0. The van der Waals surface area contributed by atoms with Crippen LogP contribution in [0.25, 0.3) is 6.08 Å². The van der Waals surface area contributed by atoms with E-state index in [0.717, 1.165) is 35.9 Å². The number of benzene rings is 2. The number of anilines is 1. The van der Waals surface area contributed by atoms with Gasteiger partial charge in [-0.05, 0) is 68.1 Å². The second-order valence-corrected chi connectivity index (χ2v) is 10.1. The second kappa shape index (κ2) is 8.66. The van der Waals surface area contributed by atoms with E-state index >= 15 is 0 Å². The zero-order valence-electron chi connectivity index (χ0n) is 19.3. The summed E-state index contributed by atoms with van der Waals surface area (Å²) in [6.45, 7) is 10.2. The molecule has 1 atom stereocenters. The Bertz CT molecular complexity index is 1080. The average Bonchev–Trinajstić information content (AvgIpc) is 3.01. The van der Waals surface area contributed by atoms with Gasteiger partial charge in [-0.1, -0.05) is 37.3 Å². The Balaban J connectivity index is 1.69. The number of nitrogens with zero attached hydrogens (tertiary/aromatic N) is 2. The first-order valence-electron chi connectivity index (χ1n) is 11.0. The predicted molar refractivity (Wildman–Crippen MR) is 131 cm³/mol. The quantitative estimate of drug-likeness (QED) is 0.520. The molecule has 1 fully saturated rings. The number of carbonyl (C=O) groups is 2. The number of carbonyl (C=O) groups excluding carboxylic acids is 2. The largest absolute Gasteiger partial charge is 0.496 e. The van der Waals surface area contributed by atoms with E-state index in [1.165, 1.54) is 16.2 Å². The van der Waals surface area contributed by atoms with Gasteiger partial charge in [0.2, 0.25) is 0 Å². The molecule has 4 rings (SSSR count). The van der Waals surface area contributed by atoms with Crippen LogP contribution in [0.5, 0.6) is 5.75 Å². The monoisotopic (exact) mass is 450 g/mol. The molecular formula is C26H30N2O3S. The van der Waals surface area contributed by atoms with Crippen molar-refractivity contribution in [3.8, 4) is 5.75 Å². The summed E-state index contributed by atoms with van der Waals surface area (Å²) >= 11 is 0.991. The van der Waals surface area contributed by atoms with E-state index in [-0.39, 0.29) is 23.2 Å². The Morgan fingerprint density at radius 2 is 1.91 bits per heavy atom. The maximum atomic E-state index is 13.0. The van der Waals surface area contributed by atoms with Gasteiger partial charge in [0.1, 0.15) is 5.75 Å². The van der Waals surface area contributed by atoms with E-state index in [0.29, 0.717) is 16.6 Å². The minimum Gasteiger partial charge on any atom is -0.496 e. The minimum atomic E-state index is -0.256. The fourth-order valence-electron chi connectivity index (χ4n) is 4.96. The van der Waals surface area contributed by atoms with Crippen molar-refractivity contribution in [3.05, 3.63) is 64.1 Å². The number of amides is 2. The Morgan fingerprint density at radius 3 is 2.56 bits per heavy atom. The molecule has 32 heavy (non-hydrogen) atoms. The van der Waals surface area contributed by atoms with Gasteiger partial charge in [-0.2, -0.15) is 0 Å². The van der Waals surface area contributed by atoms with Gasteiger partial charge in [0.05, 0.1) is 18.6 Å². The van der Waals surface area contributed by atoms with Crippen molar-refractivity contribution in [1.29, 1.82) is 0 Å². The predicted octanol–water partition coefficient (Wildman–Crippen LogP) is 6.04. The van der Waals surface area contributed by atoms with E-state index in [4.69, 9.17) is 4.74 Å². The lowest BCUT2D eigenvalue weighted by molar-refractivity contribution is -0.123. The number of imide groups is 1. The van der Waals surface area contributed by atoms with Gasteiger partial charge in [0.15, 0.2) is 0 Å². The van der Waals surface area contributed by atoms with Crippen LogP contribution in [0.4, 0.5) is 10.5 Å².